The van der Waals surface area contributed by atoms with E-state index in [9.17, 15) is 4.79 Å². The van der Waals surface area contributed by atoms with Gasteiger partial charge in [0, 0.05) is 31.7 Å². The predicted octanol–water partition coefficient (Wildman–Crippen LogP) is 12.6. The third kappa shape index (κ3) is 7.14. The summed E-state index contributed by atoms with van der Waals surface area (Å²) in [6.07, 6.45) is 25.9. The molecule has 324 valence electrons. The van der Waals surface area contributed by atoms with Crippen LogP contribution in [0.15, 0.2) is 36.0 Å². The van der Waals surface area contributed by atoms with Crippen molar-refractivity contribution in [2.24, 2.45) is 49.2 Å². The van der Waals surface area contributed by atoms with Gasteiger partial charge in [-0.05, 0) is 158 Å². The van der Waals surface area contributed by atoms with E-state index >= 15 is 0 Å². The maximum absolute atomic E-state index is 11.7. The molecule has 5 unspecified atom stereocenters. The van der Waals surface area contributed by atoms with Gasteiger partial charge in [0.25, 0.3) is 0 Å². The highest BCUT2D eigenvalue weighted by Gasteiger charge is 2.80. The molecule has 2 N–H and O–H groups in total. The molecule has 56 heavy (non-hydrogen) atoms. The van der Waals surface area contributed by atoms with Gasteiger partial charge in [0.15, 0.2) is 0 Å². The maximum atomic E-state index is 11.7. The molecule has 0 heterocycles. The summed E-state index contributed by atoms with van der Waals surface area (Å²) in [5.74, 6) is 0.113. The molecule has 0 aromatic heterocycles. The third-order valence-corrected chi connectivity index (χ3v) is 19.4. The van der Waals surface area contributed by atoms with Crippen LogP contribution in [0, 0.1) is 49.2 Å². The summed E-state index contributed by atoms with van der Waals surface area (Å²) < 4.78 is 0. The Bertz CT molecular complexity index is 1360. The van der Waals surface area contributed by atoms with E-state index in [0.717, 1.165) is 26.5 Å². The lowest BCUT2D eigenvalue weighted by atomic mass is 9.22. The van der Waals surface area contributed by atoms with Crippen molar-refractivity contribution >= 4 is 13.1 Å². The van der Waals surface area contributed by atoms with Gasteiger partial charge in [0.05, 0.1) is 0 Å². The van der Waals surface area contributed by atoms with Crippen LogP contribution in [0.1, 0.15) is 187 Å². The van der Waals surface area contributed by atoms with Crippen LogP contribution in [0.5, 0.6) is 0 Å². The zero-order valence-electron chi connectivity index (χ0n) is 39.7. The topological polar surface area (TPSA) is 69.6 Å². The SMILES string of the molecule is C=CC.C=O.CC.CCCN(CCC)CCNC12CCC[C@]1(C)C1(C)CC[C@@]3(C)C(C)(CC[C@@]4(C)C(C)(C)C(C5=CC(C=O)CC5)=CCC34C)[C@]1(C)CC2.CO. The summed E-state index contributed by atoms with van der Waals surface area (Å²) in [5, 5.41) is 11.4. The average Bonchev–Trinajstić information content (AvgIpc) is 3.81. The molecule has 0 amide bonds. The van der Waals surface area contributed by atoms with Gasteiger partial charge in [0.1, 0.15) is 13.1 Å². The fourth-order valence-corrected chi connectivity index (χ4v) is 15.2. The van der Waals surface area contributed by atoms with Gasteiger partial charge >= 0.3 is 0 Å². The summed E-state index contributed by atoms with van der Waals surface area (Å²) >= 11 is 0. The number of aldehydes is 1. The van der Waals surface area contributed by atoms with Crippen molar-refractivity contribution in [1.29, 1.82) is 0 Å². The highest BCUT2D eigenvalue weighted by Crippen LogP contribution is 2.87. The van der Waals surface area contributed by atoms with Gasteiger partial charge < -0.3 is 24.9 Å². The molecule has 0 bridgehead atoms. The highest BCUT2D eigenvalue weighted by molar-refractivity contribution is 5.60. The van der Waals surface area contributed by atoms with Crippen molar-refractivity contribution in [2.75, 3.05) is 33.3 Å². The van der Waals surface area contributed by atoms with Crippen molar-refractivity contribution in [3.8, 4) is 0 Å². The molecule has 4 fully saturated rings. The van der Waals surface area contributed by atoms with Crippen LogP contribution in [-0.2, 0) is 9.59 Å². The molecule has 5 nitrogen and oxygen atoms in total. The lowest BCUT2D eigenvalue weighted by Crippen LogP contribution is -2.77. The number of nitrogens with zero attached hydrogens (tertiary/aromatic N) is 1. The molecule has 0 aliphatic heterocycles. The summed E-state index contributed by atoms with van der Waals surface area (Å²) in [7, 11) is 1.00. The largest absolute Gasteiger partial charge is 0.400 e. The van der Waals surface area contributed by atoms with E-state index in [2.05, 4.69) is 105 Å². The minimum Gasteiger partial charge on any atom is -0.400 e. The highest BCUT2D eigenvalue weighted by atomic mass is 16.2. The number of rotatable bonds is 10. The number of nitrogens with one attached hydrogen (secondary N) is 1. The van der Waals surface area contributed by atoms with Gasteiger partial charge in [-0.1, -0.05) is 115 Å². The molecule has 4 saturated carbocycles. The van der Waals surface area contributed by atoms with Crippen molar-refractivity contribution in [2.45, 2.75) is 192 Å². The molecule has 0 radical (unpaired) electrons. The Morgan fingerprint density at radius 1 is 0.732 bits per heavy atom. The van der Waals surface area contributed by atoms with E-state index < -0.39 is 0 Å². The number of aliphatic hydroxyl groups is 1. The first kappa shape index (κ1) is 50.6. The molecular weight excluding hydrogens is 689 g/mol. The predicted molar refractivity (Wildman–Crippen MR) is 242 cm³/mol. The van der Waals surface area contributed by atoms with Crippen molar-refractivity contribution in [3.05, 3.63) is 36.0 Å². The minimum atomic E-state index is 0.0854. The van der Waals surface area contributed by atoms with E-state index in [4.69, 9.17) is 9.90 Å². The Morgan fingerprint density at radius 3 is 1.68 bits per heavy atom. The Kier molecular flexibility index (Phi) is 17.4. The quantitative estimate of drug-likeness (QED) is 0.171. The molecule has 9 atom stereocenters. The molecule has 0 spiro atoms. The Balaban J connectivity index is 0.00000112. The molecule has 6 rings (SSSR count). The maximum Gasteiger partial charge on any atom is 0.126 e. The third-order valence-electron chi connectivity index (χ3n) is 19.4. The van der Waals surface area contributed by atoms with E-state index in [-0.39, 0.29) is 38.5 Å². The van der Waals surface area contributed by atoms with Gasteiger partial charge in [0.2, 0.25) is 0 Å². The standard InChI is InChI=1S/C44H74N2O.C3H6.C2H6.CH4O.CH2O/c1-12-28-46(29-13-2)30-27-45-44-19-14-18-43(44,11)42(10)24-23-39(7)38(6)20-17-35(34-16-15-33(31-34)32-47)36(3,4)37(38,5)21-22-40(39,8)41(42,9)25-26-44;1-3-2;3*1-2/h17,31-33,45H,12-16,18-30H2,1-11H3;3H,1H2,2H3;1-2H3;2H,1H3;1H2/t33?,37-,38?,39+,40?,41-,42?,43+,44?;;;;/m0..../s1. The first-order chi connectivity index (χ1) is 26.4. The van der Waals surface area contributed by atoms with Crippen LogP contribution in [0.2, 0.25) is 0 Å². The summed E-state index contributed by atoms with van der Waals surface area (Å²) in [6.45, 7) is 45.3. The fourth-order valence-electron chi connectivity index (χ4n) is 15.2. The van der Waals surface area contributed by atoms with Gasteiger partial charge in [-0.2, -0.15) is 0 Å². The molecular formula is C51H92N2O3. The number of aliphatic hydroxyl groups excluding tert-OH is 1. The summed E-state index contributed by atoms with van der Waals surface area (Å²) in [6, 6.07) is 0. The number of hydrogen-bond donors (Lipinski definition) is 2. The lowest BCUT2D eigenvalue weighted by Gasteiger charge is -2.82. The van der Waals surface area contributed by atoms with Crippen molar-refractivity contribution < 1.29 is 14.7 Å². The van der Waals surface area contributed by atoms with Crippen LogP contribution < -0.4 is 5.32 Å². The second-order valence-electron chi connectivity index (χ2n) is 20.4. The Labute approximate surface area is 347 Å². The van der Waals surface area contributed by atoms with Crippen LogP contribution in [0.25, 0.3) is 0 Å². The van der Waals surface area contributed by atoms with E-state index in [0.29, 0.717) is 16.2 Å². The van der Waals surface area contributed by atoms with Crippen LogP contribution >= 0.6 is 0 Å². The molecule has 6 aliphatic carbocycles. The van der Waals surface area contributed by atoms with Crippen LogP contribution in [0.3, 0.4) is 0 Å². The fraction of sp³-hybridized carbons (Fsp3) is 0.843. The summed E-state index contributed by atoms with van der Waals surface area (Å²) in [5.41, 5.74) is 5.34. The normalized spacial score (nSPS) is 41.3. The number of carbonyl (C=O) groups excluding carboxylic acids is 2. The molecule has 6 aliphatic rings. The number of carbonyl (C=O) groups is 2. The summed E-state index contributed by atoms with van der Waals surface area (Å²) in [4.78, 5) is 22.4. The number of hydrogen-bond acceptors (Lipinski definition) is 5. The lowest BCUT2D eigenvalue weighted by molar-refractivity contribution is -0.328. The Morgan fingerprint density at radius 2 is 1.20 bits per heavy atom. The van der Waals surface area contributed by atoms with Crippen LogP contribution in [-0.4, -0.2) is 61.9 Å². The second kappa shape index (κ2) is 19.2. The number of allylic oxidation sites excluding steroid dienone is 5. The molecule has 5 heteroatoms. The first-order valence-corrected chi connectivity index (χ1v) is 23.0. The monoisotopic (exact) mass is 781 g/mol. The van der Waals surface area contributed by atoms with Gasteiger partial charge in [-0.25, -0.2) is 0 Å². The van der Waals surface area contributed by atoms with E-state index in [1.165, 1.54) is 109 Å². The minimum absolute atomic E-state index is 0.0854. The van der Waals surface area contributed by atoms with Crippen molar-refractivity contribution in [1.82, 2.24) is 10.2 Å². The average molecular weight is 781 g/mol. The van der Waals surface area contributed by atoms with Crippen LogP contribution in [0.4, 0.5) is 0 Å². The Hall–Kier alpha value is -1.56. The smallest absolute Gasteiger partial charge is 0.126 e. The molecule has 0 saturated heterocycles. The van der Waals surface area contributed by atoms with Gasteiger partial charge in [-0.3, -0.25) is 0 Å². The van der Waals surface area contributed by atoms with Crippen molar-refractivity contribution in [3.63, 3.8) is 0 Å². The molecule has 0 aromatic rings. The zero-order chi connectivity index (χ0) is 43.1. The van der Waals surface area contributed by atoms with Gasteiger partial charge in [-0.15, -0.1) is 6.58 Å². The van der Waals surface area contributed by atoms with E-state index in [1.807, 2.05) is 27.6 Å². The second-order valence-corrected chi connectivity index (χ2v) is 20.4. The molecule has 0 aromatic carbocycles. The first-order valence-electron chi connectivity index (χ1n) is 23.0. The van der Waals surface area contributed by atoms with E-state index in [1.54, 1.807) is 11.6 Å². The zero-order valence-corrected chi connectivity index (χ0v) is 39.7. The number of fused-ring (bicyclic) bond motifs is 7.